The fourth-order valence-corrected chi connectivity index (χ4v) is 3.49. The van der Waals surface area contributed by atoms with E-state index < -0.39 is 10.0 Å². The van der Waals surface area contributed by atoms with Crippen LogP contribution < -0.4 is 9.57 Å². The Morgan fingerprint density at radius 1 is 0.929 bits per heavy atom. The molecule has 0 atom stereocenters. The molecule has 0 saturated heterocycles. The van der Waals surface area contributed by atoms with Gasteiger partial charge in [0.2, 0.25) is 0 Å². The maximum atomic E-state index is 12.6. The fourth-order valence-electron chi connectivity index (χ4n) is 2.66. The summed E-state index contributed by atoms with van der Waals surface area (Å²) in [5.74, 6) is 0.725. The minimum absolute atomic E-state index is 0.177. The topological polar surface area (TPSA) is 67.8 Å². The third-order valence-corrected chi connectivity index (χ3v) is 5.49. The summed E-state index contributed by atoms with van der Waals surface area (Å²) in [5, 5.41) is 4.25. The van der Waals surface area contributed by atoms with Crippen molar-refractivity contribution in [2.75, 3.05) is 7.11 Å². The molecule has 3 aromatic carbocycles. The van der Waals surface area contributed by atoms with Crippen LogP contribution in [0.4, 0.5) is 0 Å². The van der Waals surface area contributed by atoms with Crippen molar-refractivity contribution in [1.82, 2.24) is 4.83 Å². The van der Waals surface area contributed by atoms with Gasteiger partial charge in [-0.3, -0.25) is 0 Å². The smallest absolute Gasteiger partial charge is 0.276 e. The molecule has 0 unspecified atom stereocenters. The highest BCUT2D eigenvalue weighted by Gasteiger charge is 2.14. The molecule has 144 valence electrons. The van der Waals surface area contributed by atoms with Crippen LogP contribution in [0.5, 0.6) is 5.75 Å². The number of benzene rings is 3. The van der Waals surface area contributed by atoms with Gasteiger partial charge in [-0.2, -0.15) is 18.4 Å². The average molecular weight is 394 g/mol. The summed E-state index contributed by atoms with van der Waals surface area (Å²) in [4.78, 5) is 2.55. The molecular formula is C22H22N2O3S. The van der Waals surface area contributed by atoms with E-state index in [1.165, 1.54) is 0 Å². The van der Waals surface area contributed by atoms with Crippen molar-refractivity contribution in [3.8, 4) is 5.75 Å². The van der Waals surface area contributed by atoms with Crippen LogP contribution in [-0.2, 0) is 16.4 Å². The van der Waals surface area contributed by atoms with Crippen LogP contribution in [0.3, 0.4) is 0 Å². The zero-order valence-electron chi connectivity index (χ0n) is 15.8. The van der Waals surface area contributed by atoms with E-state index in [-0.39, 0.29) is 4.90 Å². The quantitative estimate of drug-likeness (QED) is 0.488. The summed E-state index contributed by atoms with van der Waals surface area (Å²) in [7, 11) is -2.15. The van der Waals surface area contributed by atoms with Crippen LogP contribution in [0.2, 0.25) is 0 Å². The Morgan fingerprint density at radius 2 is 1.57 bits per heavy atom. The second kappa shape index (κ2) is 8.71. The lowest BCUT2D eigenvalue weighted by Gasteiger charge is -2.10. The molecule has 0 aromatic heterocycles. The van der Waals surface area contributed by atoms with Crippen molar-refractivity contribution in [3.05, 3.63) is 95.6 Å². The highest BCUT2D eigenvalue weighted by atomic mass is 32.2. The van der Waals surface area contributed by atoms with E-state index in [0.717, 1.165) is 22.4 Å². The number of nitrogens with one attached hydrogen (secondary N) is 1. The lowest BCUT2D eigenvalue weighted by Crippen LogP contribution is -2.21. The predicted octanol–water partition coefficient (Wildman–Crippen LogP) is 3.93. The molecule has 0 bridgehead atoms. The van der Waals surface area contributed by atoms with Crippen LogP contribution >= 0.6 is 0 Å². The van der Waals surface area contributed by atoms with Crippen molar-refractivity contribution in [1.29, 1.82) is 0 Å². The van der Waals surface area contributed by atoms with Crippen LogP contribution in [0.1, 0.15) is 16.7 Å². The molecule has 0 aliphatic carbocycles. The number of methoxy groups -OCH3 is 1. The molecular weight excluding hydrogens is 372 g/mol. The van der Waals surface area contributed by atoms with Crippen molar-refractivity contribution in [2.45, 2.75) is 18.2 Å². The maximum Gasteiger partial charge on any atom is 0.276 e. The van der Waals surface area contributed by atoms with Gasteiger partial charge in [0.15, 0.2) is 0 Å². The summed E-state index contributed by atoms with van der Waals surface area (Å²) in [6.45, 7) is 1.91. The van der Waals surface area contributed by atoms with Gasteiger partial charge < -0.3 is 4.74 Å². The fraction of sp³-hybridized carbons (Fsp3) is 0.136. The van der Waals surface area contributed by atoms with Gasteiger partial charge in [0.1, 0.15) is 5.75 Å². The molecule has 3 aromatic rings. The Balaban J connectivity index is 1.91. The van der Waals surface area contributed by atoms with E-state index in [2.05, 4.69) is 9.93 Å². The van der Waals surface area contributed by atoms with Gasteiger partial charge in [-0.15, -0.1) is 0 Å². The van der Waals surface area contributed by atoms with E-state index in [4.69, 9.17) is 4.74 Å². The molecule has 0 radical (unpaired) electrons. The van der Waals surface area contributed by atoms with Crippen LogP contribution in [0.25, 0.3) is 0 Å². The van der Waals surface area contributed by atoms with Gasteiger partial charge in [0.05, 0.1) is 17.7 Å². The second-order valence-corrected chi connectivity index (χ2v) is 8.02. The van der Waals surface area contributed by atoms with Crippen molar-refractivity contribution in [3.63, 3.8) is 0 Å². The van der Waals surface area contributed by atoms with Crippen molar-refractivity contribution < 1.29 is 13.2 Å². The van der Waals surface area contributed by atoms with Crippen LogP contribution in [0.15, 0.2) is 88.9 Å². The first-order valence-corrected chi connectivity index (χ1v) is 10.3. The lowest BCUT2D eigenvalue weighted by atomic mass is 10.0. The SMILES string of the molecule is COc1ccc(C(Cc2ccccc2)=NNS(=O)(=O)c2ccc(C)cc2)cc1. The van der Waals surface area contributed by atoms with E-state index in [1.54, 1.807) is 31.4 Å². The molecule has 0 heterocycles. The molecule has 0 aliphatic rings. The number of ether oxygens (including phenoxy) is 1. The molecule has 0 spiro atoms. The summed E-state index contributed by atoms with van der Waals surface area (Å²) < 4.78 is 30.4. The highest BCUT2D eigenvalue weighted by Crippen LogP contribution is 2.15. The Bertz CT molecular complexity index is 1040. The summed E-state index contributed by atoms with van der Waals surface area (Å²) in [6.07, 6.45) is 0.490. The monoisotopic (exact) mass is 394 g/mol. The Kier molecular flexibility index (Phi) is 6.11. The molecule has 0 fully saturated rings. The number of hydrogen-bond donors (Lipinski definition) is 1. The highest BCUT2D eigenvalue weighted by molar-refractivity contribution is 7.89. The van der Waals surface area contributed by atoms with Gasteiger partial charge in [-0.25, -0.2) is 0 Å². The summed E-state index contributed by atoms with van der Waals surface area (Å²) >= 11 is 0. The largest absolute Gasteiger partial charge is 0.497 e. The van der Waals surface area contributed by atoms with E-state index >= 15 is 0 Å². The van der Waals surface area contributed by atoms with Gasteiger partial charge >= 0.3 is 0 Å². The minimum Gasteiger partial charge on any atom is -0.497 e. The number of hydrazone groups is 1. The number of sulfonamides is 1. The number of hydrogen-bond acceptors (Lipinski definition) is 4. The zero-order valence-corrected chi connectivity index (χ0v) is 16.6. The van der Waals surface area contributed by atoms with Crippen LogP contribution in [-0.4, -0.2) is 21.2 Å². The molecule has 6 heteroatoms. The van der Waals surface area contributed by atoms with Crippen molar-refractivity contribution in [2.24, 2.45) is 5.10 Å². The summed E-state index contributed by atoms with van der Waals surface area (Å²) in [5.41, 5.74) is 3.46. The van der Waals surface area contributed by atoms with Gasteiger partial charge in [-0.05, 0) is 54.4 Å². The molecule has 28 heavy (non-hydrogen) atoms. The normalized spacial score (nSPS) is 11.9. The second-order valence-electron chi connectivity index (χ2n) is 6.36. The Labute approximate surface area is 165 Å². The molecule has 0 saturated carbocycles. The third kappa shape index (κ3) is 4.98. The van der Waals surface area contributed by atoms with Gasteiger partial charge in [0, 0.05) is 6.42 Å². The number of aryl methyl sites for hydroxylation is 1. The molecule has 0 amide bonds. The first-order valence-electron chi connectivity index (χ1n) is 8.81. The summed E-state index contributed by atoms with van der Waals surface area (Å²) in [6, 6.07) is 23.8. The Morgan fingerprint density at radius 3 is 2.18 bits per heavy atom. The zero-order chi connectivity index (χ0) is 20.0. The lowest BCUT2D eigenvalue weighted by molar-refractivity contribution is 0.415. The van der Waals surface area contributed by atoms with Crippen molar-refractivity contribution >= 4 is 15.7 Å². The molecule has 3 rings (SSSR count). The Hall–Kier alpha value is -3.12. The van der Waals surface area contributed by atoms with Gasteiger partial charge in [-0.1, -0.05) is 48.0 Å². The number of rotatable bonds is 7. The molecule has 0 aliphatic heterocycles. The van der Waals surface area contributed by atoms with Gasteiger partial charge in [0.25, 0.3) is 10.0 Å². The molecule has 5 nitrogen and oxygen atoms in total. The maximum absolute atomic E-state index is 12.6. The van der Waals surface area contributed by atoms with E-state index in [1.807, 2.05) is 61.5 Å². The molecule has 1 N–H and O–H groups in total. The predicted molar refractivity (Wildman–Crippen MR) is 111 cm³/mol. The minimum atomic E-state index is -3.75. The van der Waals surface area contributed by atoms with E-state index in [9.17, 15) is 8.42 Å². The standard InChI is InChI=1S/C22H22N2O3S/c1-17-8-14-21(15-9-17)28(25,26)24-23-22(16-18-6-4-3-5-7-18)19-10-12-20(27-2)13-11-19/h3-15,24H,16H2,1-2H3. The third-order valence-electron chi connectivity index (χ3n) is 4.27. The average Bonchev–Trinajstić information content (AvgIpc) is 2.72. The van der Waals surface area contributed by atoms with Crippen LogP contribution in [0, 0.1) is 6.92 Å². The van der Waals surface area contributed by atoms with E-state index in [0.29, 0.717) is 12.1 Å². The first-order chi connectivity index (χ1) is 13.5. The number of nitrogens with zero attached hydrogens (tertiary/aromatic N) is 1. The first kappa shape index (κ1) is 19.6.